The van der Waals surface area contributed by atoms with Gasteiger partial charge in [0.25, 0.3) is 0 Å². The van der Waals surface area contributed by atoms with Crippen LogP contribution in [-0.2, 0) is 4.74 Å². The largest absolute Gasteiger partial charge is 0.444 e. The Morgan fingerprint density at radius 3 is 2.50 bits per heavy atom. The molecule has 70 valence electrons. The molecule has 0 aromatic heterocycles. The van der Waals surface area contributed by atoms with Crippen LogP contribution in [0.4, 0.5) is 0 Å². The highest BCUT2D eigenvalue weighted by molar-refractivity contribution is 4.91. The van der Waals surface area contributed by atoms with Gasteiger partial charge in [0, 0.05) is 6.42 Å². The van der Waals surface area contributed by atoms with Crippen LogP contribution in [-0.4, -0.2) is 6.10 Å². The molecule has 0 unspecified atom stereocenters. The van der Waals surface area contributed by atoms with Gasteiger partial charge in [-0.1, -0.05) is 32.1 Å². The highest BCUT2D eigenvalue weighted by atomic mass is 16.5. The smallest absolute Gasteiger partial charge is 0.110 e. The van der Waals surface area contributed by atoms with Crippen molar-refractivity contribution in [2.45, 2.75) is 59.0 Å². The first kappa shape index (κ1) is 11.4. The molecule has 0 rings (SSSR count). The maximum atomic E-state index is 5.09. The van der Waals surface area contributed by atoms with Crippen LogP contribution in [0.5, 0.6) is 0 Å². The lowest BCUT2D eigenvalue weighted by atomic mass is 10.2. The van der Waals surface area contributed by atoms with Gasteiger partial charge in [0.1, 0.15) is 12.2 Å². The summed E-state index contributed by atoms with van der Waals surface area (Å²) < 4.78 is 5.09. The second-order valence-corrected chi connectivity index (χ2v) is 3.26. The van der Waals surface area contributed by atoms with Crippen LogP contribution in [0.2, 0.25) is 0 Å². The summed E-state index contributed by atoms with van der Waals surface area (Å²) in [5, 5.41) is 0. The van der Waals surface area contributed by atoms with Crippen molar-refractivity contribution in [3.8, 4) is 12.0 Å². The molecule has 0 saturated carbocycles. The van der Waals surface area contributed by atoms with Crippen molar-refractivity contribution in [2.24, 2.45) is 0 Å². The van der Waals surface area contributed by atoms with Gasteiger partial charge < -0.3 is 4.74 Å². The molecule has 0 atom stereocenters. The minimum atomic E-state index is 0.230. The van der Waals surface area contributed by atoms with Crippen molar-refractivity contribution >= 4 is 0 Å². The average molecular weight is 168 g/mol. The molecule has 0 fully saturated rings. The zero-order valence-electron chi connectivity index (χ0n) is 8.52. The maximum Gasteiger partial charge on any atom is 0.110 e. The highest BCUT2D eigenvalue weighted by Crippen LogP contribution is 2.00. The number of unbranched alkanes of at least 4 members (excludes halogenated alkanes) is 4. The van der Waals surface area contributed by atoms with Crippen LogP contribution < -0.4 is 0 Å². The van der Waals surface area contributed by atoms with Gasteiger partial charge in [-0.2, -0.15) is 0 Å². The van der Waals surface area contributed by atoms with Crippen molar-refractivity contribution in [1.29, 1.82) is 0 Å². The van der Waals surface area contributed by atoms with E-state index in [-0.39, 0.29) is 6.10 Å². The summed E-state index contributed by atoms with van der Waals surface area (Å²) in [7, 11) is 0. The van der Waals surface area contributed by atoms with Crippen LogP contribution in [0.1, 0.15) is 52.9 Å². The van der Waals surface area contributed by atoms with Crippen molar-refractivity contribution in [3.63, 3.8) is 0 Å². The van der Waals surface area contributed by atoms with Crippen molar-refractivity contribution < 1.29 is 4.74 Å². The van der Waals surface area contributed by atoms with Crippen LogP contribution in [0.15, 0.2) is 0 Å². The average Bonchev–Trinajstić information content (AvgIpc) is 2.02. The normalized spacial score (nSPS) is 9.33. The molecule has 12 heavy (non-hydrogen) atoms. The third-order valence-electron chi connectivity index (χ3n) is 1.52. The van der Waals surface area contributed by atoms with E-state index in [9.17, 15) is 0 Å². The summed E-state index contributed by atoms with van der Waals surface area (Å²) in [5.41, 5.74) is 0. The number of ether oxygens (including phenoxy) is 1. The van der Waals surface area contributed by atoms with E-state index in [1.54, 1.807) is 0 Å². The molecule has 0 heterocycles. The van der Waals surface area contributed by atoms with Gasteiger partial charge in [-0.3, -0.25) is 0 Å². The fourth-order valence-electron chi connectivity index (χ4n) is 0.851. The number of hydrogen-bond donors (Lipinski definition) is 0. The summed E-state index contributed by atoms with van der Waals surface area (Å²) in [4.78, 5) is 0. The fourth-order valence-corrected chi connectivity index (χ4v) is 0.851. The monoisotopic (exact) mass is 168 g/mol. The lowest BCUT2D eigenvalue weighted by molar-refractivity contribution is 0.204. The first-order valence-electron chi connectivity index (χ1n) is 4.91. The number of hydrogen-bond acceptors (Lipinski definition) is 1. The van der Waals surface area contributed by atoms with Gasteiger partial charge in [0.05, 0.1) is 0 Å². The molecule has 1 heteroatoms. The minimum Gasteiger partial charge on any atom is -0.444 e. The predicted molar refractivity (Wildman–Crippen MR) is 52.8 cm³/mol. The Morgan fingerprint density at radius 1 is 1.17 bits per heavy atom. The van der Waals surface area contributed by atoms with E-state index >= 15 is 0 Å². The SMILES string of the molecule is CCCCCCC#COC(C)C. The molecular formula is C11H20O. The topological polar surface area (TPSA) is 9.23 Å². The first-order chi connectivity index (χ1) is 5.77. The summed E-state index contributed by atoms with van der Waals surface area (Å²) in [5.74, 6) is 3.00. The molecule has 0 amide bonds. The summed E-state index contributed by atoms with van der Waals surface area (Å²) in [6, 6.07) is 0. The van der Waals surface area contributed by atoms with E-state index in [1.165, 1.54) is 25.7 Å². The van der Waals surface area contributed by atoms with Crippen LogP contribution in [0.3, 0.4) is 0 Å². The van der Waals surface area contributed by atoms with Gasteiger partial charge in [0.2, 0.25) is 0 Å². The Balaban J connectivity index is 3.10. The lowest BCUT2D eigenvalue weighted by Crippen LogP contribution is -1.94. The van der Waals surface area contributed by atoms with Crippen LogP contribution >= 0.6 is 0 Å². The predicted octanol–water partition coefficient (Wildman–Crippen LogP) is 3.34. The standard InChI is InChI=1S/C11H20O/c1-4-5-6-7-8-9-10-12-11(2)3/h11H,4-8H2,1-3H3. The molecule has 0 aromatic carbocycles. The van der Waals surface area contributed by atoms with E-state index in [0.717, 1.165) is 6.42 Å². The summed E-state index contributed by atoms with van der Waals surface area (Å²) in [6.07, 6.45) is 9.04. The molecule has 0 aliphatic heterocycles. The molecule has 0 saturated heterocycles. The Bertz CT molecular complexity index is 139. The molecule has 1 nitrogen and oxygen atoms in total. The number of rotatable bonds is 5. The Hall–Kier alpha value is -0.640. The third-order valence-corrected chi connectivity index (χ3v) is 1.52. The van der Waals surface area contributed by atoms with E-state index in [4.69, 9.17) is 4.74 Å². The Labute approximate surface area is 76.5 Å². The molecule has 0 N–H and O–H groups in total. The van der Waals surface area contributed by atoms with Gasteiger partial charge >= 0.3 is 0 Å². The van der Waals surface area contributed by atoms with Gasteiger partial charge in [-0.15, -0.1) is 0 Å². The summed E-state index contributed by atoms with van der Waals surface area (Å²) >= 11 is 0. The fraction of sp³-hybridized carbons (Fsp3) is 0.818. The van der Waals surface area contributed by atoms with E-state index in [1.807, 2.05) is 13.8 Å². The van der Waals surface area contributed by atoms with Gasteiger partial charge in [-0.05, 0) is 20.3 Å². The maximum absolute atomic E-state index is 5.09. The van der Waals surface area contributed by atoms with Gasteiger partial charge in [0.15, 0.2) is 0 Å². The summed E-state index contributed by atoms with van der Waals surface area (Å²) in [6.45, 7) is 6.20. The van der Waals surface area contributed by atoms with E-state index < -0.39 is 0 Å². The third kappa shape index (κ3) is 9.36. The second kappa shape index (κ2) is 8.46. The minimum absolute atomic E-state index is 0.230. The molecule has 0 aromatic rings. The van der Waals surface area contributed by atoms with Crippen molar-refractivity contribution in [3.05, 3.63) is 0 Å². The first-order valence-corrected chi connectivity index (χ1v) is 4.91. The molecule has 0 radical (unpaired) electrons. The van der Waals surface area contributed by atoms with E-state index in [2.05, 4.69) is 19.0 Å². The highest BCUT2D eigenvalue weighted by Gasteiger charge is 1.86. The molecule has 0 bridgehead atoms. The Morgan fingerprint density at radius 2 is 1.92 bits per heavy atom. The van der Waals surface area contributed by atoms with Crippen molar-refractivity contribution in [1.82, 2.24) is 0 Å². The zero-order valence-corrected chi connectivity index (χ0v) is 8.52. The molecule has 0 aliphatic rings. The zero-order chi connectivity index (χ0) is 9.23. The van der Waals surface area contributed by atoms with Gasteiger partial charge in [-0.25, -0.2) is 0 Å². The lowest BCUT2D eigenvalue weighted by Gasteiger charge is -1.97. The quantitative estimate of drug-likeness (QED) is 0.452. The van der Waals surface area contributed by atoms with Crippen LogP contribution in [0.25, 0.3) is 0 Å². The molecule has 0 spiro atoms. The molecule has 0 aliphatic carbocycles. The second-order valence-electron chi connectivity index (χ2n) is 3.26. The van der Waals surface area contributed by atoms with E-state index in [0.29, 0.717) is 0 Å². The Kier molecular flexibility index (Phi) is 8.01. The molecular weight excluding hydrogens is 148 g/mol. The van der Waals surface area contributed by atoms with Crippen molar-refractivity contribution in [2.75, 3.05) is 0 Å². The van der Waals surface area contributed by atoms with Crippen LogP contribution in [0, 0.1) is 12.0 Å².